The number of ether oxygens (including phenoxy) is 1. The quantitative estimate of drug-likeness (QED) is 0.243. The summed E-state index contributed by atoms with van der Waals surface area (Å²) >= 11 is 13.0. The molecule has 2 heterocycles. The molecule has 0 aliphatic heterocycles. The van der Waals surface area contributed by atoms with Crippen LogP contribution in [-0.4, -0.2) is 23.1 Å². The van der Waals surface area contributed by atoms with Crippen molar-refractivity contribution in [2.75, 3.05) is 12.4 Å². The van der Waals surface area contributed by atoms with Crippen LogP contribution in [0.1, 0.15) is 10.6 Å². The first-order chi connectivity index (χ1) is 17.0. The van der Waals surface area contributed by atoms with Crippen LogP contribution < -0.4 is 15.4 Å². The highest BCUT2D eigenvalue weighted by atomic mass is 35.5. The van der Waals surface area contributed by atoms with Gasteiger partial charge in [-0.05, 0) is 66.8 Å². The Kier molecular flexibility index (Phi) is 6.50. The zero-order valence-corrected chi connectivity index (χ0v) is 20.8. The first kappa shape index (κ1) is 23.0. The summed E-state index contributed by atoms with van der Waals surface area (Å²) in [5.74, 6) is 0.755. The third-order valence-electron chi connectivity index (χ3n) is 5.15. The summed E-state index contributed by atoms with van der Waals surface area (Å²) in [7, 11) is 1.57. The smallest absolute Gasteiger partial charge is 0.293 e. The zero-order valence-electron chi connectivity index (χ0n) is 18.4. The number of hydrogen-bond donors (Lipinski definition) is 2. The number of fused-ring (bicyclic) bond motifs is 1. The third kappa shape index (κ3) is 5.05. The molecule has 9 heteroatoms. The van der Waals surface area contributed by atoms with E-state index in [-0.39, 0.29) is 10.9 Å². The molecule has 0 aliphatic carbocycles. The van der Waals surface area contributed by atoms with E-state index in [1.165, 1.54) is 0 Å². The molecule has 2 aromatic heterocycles. The van der Waals surface area contributed by atoms with Crippen LogP contribution in [0.25, 0.3) is 32.1 Å². The van der Waals surface area contributed by atoms with Crippen molar-refractivity contribution in [3.8, 4) is 27.6 Å². The Bertz CT molecular complexity index is 1530. The van der Waals surface area contributed by atoms with Crippen LogP contribution in [0.2, 0.25) is 5.02 Å². The Hall–Kier alpha value is -3.72. The molecule has 0 unspecified atom stereocenters. The second kappa shape index (κ2) is 9.87. The SMILES string of the molecule is COc1ccc(-c2nc3ccccc3s2)cc1NC(=S)NC(=O)c1ccc(-c2cccc(Cl)c2)o1. The first-order valence-corrected chi connectivity index (χ1v) is 12.1. The van der Waals surface area contributed by atoms with Gasteiger partial charge in [0, 0.05) is 16.1 Å². The maximum Gasteiger partial charge on any atom is 0.293 e. The van der Waals surface area contributed by atoms with Crippen LogP contribution in [0.15, 0.2) is 83.3 Å². The molecule has 0 bridgehead atoms. The number of thiocarbonyl (C=S) groups is 1. The number of carbonyl (C=O) groups excluding carboxylic acids is 1. The van der Waals surface area contributed by atoms with Gasteiger partial charge in [-0.2, -0.15) is 0 Å². The van der Waals surface area contributed by atoms with Crippen molar-refractivity contribution in [3.63, 3.8) is 0 Å². The number of rotatable bonds is 5. The molecule has 5 rings (SSSR count). The number of nitrogens with one attached hydrogen (secondary N) is 2. The minimum absolute atomic E-state index is 0.107. The van der Waals surface area contributed by atoms with Crippen LogP contribution >= 0.6 is 35.2 Å². The normalized spacial score (nSPS) is 10.8. The average molecular weight is 520 g/mol. The van der Waals surface area contributed by atoms with Crippen LogP contribution in [0.4, 0.5) is 5.69 Å². The Morgan fingerprint density at radius 1 is 1.03 bits per heavy atom. The van der Waals surface area contributed by atoms with Crippen molar-refractivity contribution in [3.05, 3.63) is 89.6 Å². The lowest BCUT2D eigenvalue weighted by Gasteiger charge is -2.13. The molecule has 0 saturated heterocycles. The molecule has 0 fully saturated rings. The van der Waals surface area contributed by atoms with Crippen LogP contribution in [-0.2, 0) is 0 Å². The number of amides is 1. The molecule has 0 atom stereocenters. The lowest BCUT2D eigenvalue weighted by molar-refractivity contribution is 0.0951. The second-order valence-corrected chi connectivity index (χ2v) is 9.36. The number of furan rings is 1. The zero-order chi connectivity index (χ0) is 24.4. The van der Waals surface area contributed by atoms with E-state index in [0.29, 0.717) is 22.2 Å². The van der Waals surface area contributed by atoms with Crippen molar-refractivity contribution < 1.29 is 13.9 Å². The summed E-state index contributed by atoms with van der Waals surface area (Å²) in [6.45, 7) is 0. The van der Waals surface area contributed by atoms with E-state index in [9.17, 15) is 4.79 Å². The number of thiazole rings is 1. The number of methoxy groups -OCH3 is 1. The molecule has 6 nitrogen and oxygen atoms in total. The van der Waals surface area contributed by atoms with Crippen molar-refractivity contribution in [1.82, 2.24) is 10.3 Å². The predicted octanol–water partition coefficient (Wildman–Crippen LogP) is 7.01. The highest BCUT2D eigenvalue weighted by Crippen LogP contribution is 2.35. The minimum atomic E-state index is -0.475. The van der Waals surface area contributed by atoms with E-state index in [1.807, 2.05) is 54.6 Å². The molecule has 5 aromatic rings. The van der Waals surface area contributed by atoms with Gasteiger partial charge in [0.2, 0.25) is 0 Å². The number of aromatic nitrogens is 1. The minimum Gasteiger partial charge on any atom is -0.495 e. The molecule has 3 aromatic carbocycles. The fourth-order valence-electron chi connectivity index (χ4n) is 3.51. The van der Waals surface area contributed by atoms with E-state index in [0.717, 1.165) is 26.4 Å². The molecule has 0 radical (unpaired) electrons. The van der Waals surface area contributed by atoms with Crippen LogP contribution in [0, 0.1) is 0 Å². The molecule has 0 saturated carbocycles. The molecule has 174 valence electrons. The van der Waals surface area contributed by atoms with Gasteiger partial charge in [0.05, 0.1) is 23.0 Å². The number of halogens is 1. The molecular formula is C26H18ClN3O3S2. The van der Waals surface area contributed by atoms with Crippen LogP contribution in [0.5, 0.6) is 5.75 Å². The Morgan fingerprint density at radius 3 is 2.69 bits per heavy atom. The first-order valence-electron chi connectivity index (χ1n) is 10.5. The Morgan fingerprint density at radius 2 is 1.89 bits per heavy atom. The Balaban J connectivity index is 1.32. The maximum absolute atomic E-state index is 12.7. The van der Waals surface area contributed by atoms with Crippen LogP contribution in [0.3, 0.4) is 0 Å². The van der Waals surface area contributed by atoms with Crippen molar-refractivity contribution in [1.29, 1.82) is 0 Å². The summed E-state index contributed by atoms with van der Waals surface area (Å²) in [5.41, 5.74) is 3.22. The molecule has 35 heavy (non-hydrogen) atoms. The van der Waals surface area contributed by atoms with Crippen molar-refractivity contribution in [2.45, 2.75) is 0 Å². The molecule has 0 aliphatic rings. The van der Waals surface area contributed by atoms with E-state index < -0.39 is 5.91 Å². The number of anilines is 1. The monoisotopic (exact) mass is 519 g/mol. The maximum atomic E-state index is 12.7. The standard InChI is InChI=1S/C26H18ClN3O3S2/c1-32-21-10-9-16(25-28-18-7-2-3-8-23(18)35-25)14-19(21)29-26(34)30-24(31)22-12-11-20(33-22)15-5-4-6-17(27)13-15/h2-14H,1H3,(H2,29,30,31,34). The van der Waals surface area contributed by atoms with E-state index >= 15 is 0 Å². The van der Waals surface area contributed by atoms with Crippen molar-refractivity contribution in [2.24, 2.45) is 0 Å². The van der Waals surface area contributed by atoms with Gasteiger partial charge in [-0.25, -0.2) is 4.98 Å². The fourth-order valence-corrected chi connectivity index (χ4v) is 4.86. The van der Waals surface area contributed by atoms with Gasteiger partial charge >= 0.3 is 0 Å². The summed E-state index contributed by atoms with van der Waals surface area (Å²) in [4.78, 5) is 17.4. The summed E-state index contributed by atoms with van der Waals surface area (Å²) in [6.07, 6.45) is 0. The second-order valence-electron chi connectivity index (χ2n) is 7.48. The van der Waals surface area contributed by atoms with E-state index in [2.05, 4.69) is 10.6 Å². The molecular weight excluding hydrogens is 502 g/mol. The number of benzene rings is 3. The number of carbonyl (C=O) groups is 1. The predicted molar refractivity (Wildman–Crippen MR) is 144 cm³/mol. The van der Waals surface area contributed by atoms with Gasteiger partial charge in [0.15, 0.2) is 10.9 Å². The number of nitrogens with zero attached hydrogens (tertiary/aromatic N) is 1. The van der Waals surface area contributed by atoms with Gasteiger partial charge in [-0.15, -0.1) is 11.3 Å². The molecule has 0 spiro atoms. The van der Waals surface area contributed by atoms with Gasteiger partial charge in [-0.3, -0.25) is 10.1 Å². The average Bonchev–Trinajstić information content (AvgIpc) is 3.52. The highest BCUT2D eigenvalue weighted by molar-refractivity contribution is 7.80. The van der Waals surface area contributed by atoms with Crippen molar-refractivity contribution >= 4 is 62.1 Å². The van der Waals surface area contributed by atoms with E-state index in [4.69, 9.17) is 38.0 Å². The Labute approximate surface area is 215 Å². The number of hydrogen-bond acceptors (Lipinski definition) is 6. The lowest BCUT2D eigenvalue weighted by Crippen LogP contribution is -2.34. The summed E-state index contributed by atoms with van der Waals surface area (Å²) in [6, 6.07) is 24.1. The van der Waals surface area contributed by atoms with Gasteiger partial charge in [0.1, 0.15) is 16.5 Å². The fraction of sp³-hybridized carbons (Fsp3) is 0.0385. The largest absolute Gasteiger partial charge is 0.495 e. The summed E-state index contributed by atoms with van der Waals surface area (Å²) in [5, 5.41) is 7.25. The number of para-hydroxylation sites is 1. The molecule has 2 N–H and O–H groups in total. The third-order valence-corrected chi connectivity index (χ3v) is 6.68. The molecule has 1 amide bonds. The van der Waals surface area contributed by atoms with Gasteiger partial charge < -0.3 is 14.5 Å². The summed E-state index contributed by atoms with van der Waals surface area (Å²) < 4.78 is 12.3. The lowest BCUT2D eigenvalue weighted by atomic mass is 10.2. The highest BCUT2D eigenvalue weighted by Gasteiger charge is 2.16. The van der Waals surface area contributed by atoms with Gasteiger partial charge in [0.25, 0.3) is 5.91 Å². The topological polar surface area (TPSA) is 76.4 Å². The van der Waals surface area contributed by atoms with Gasteiger partial charge in [-0.1, -0.05) is 35.9 Å². The van der Waals surface area contributed by atoms with E-state index in [1.54, 1.807) is 42.7 Å².